The molecule has 4 saturated heterocycles. The minimum atomic E-state index is 0.227. The van der Waals surface area contributed by atoms with Crippen LogP contribution in [0.4, 0.5) is 0 Å². The molecule has 7 heteroatoms. The SMILES string of the molecule is C=C(C)N1CCC(C(C)(C)CC(C)(C)N2CCN(CCC(C)C)CC2)CC1.CC(C)CCN1CCN(C(C)(C)CC(C)(C)C2CCN(C(C)C)CC2)CC1.CCC(=O)C(C)C. The molecule has 0 aromatic carbocycles. The first-order valence-electron chi connectivity index (χ1n) is 25.8. The quantitative estimate of drug-likeness (QED) is 0.136. The van der Waals surface area contributed by atoms with Crippen molar-refractivity contribution in [3.8, 4) is 0 Å². The molecule has 0 saturated carbocycles. The van der Waals surface area contributed by atoms with Crippen molar-refractivity contribution in [3.05, 3.63) is 12.3 Å². The number of carbonyl (C=O) groups excluding carboxylic acids is 1. The van der Waals surface area contributed by atoms with E-state index in [4.69, 9.17) is 0 Å². The van der Waals surface area contributed by atoms with Crippen molar-refractivity contribution in [3.63, 3.8) is 0 Å². The normalized spacial score (nSPS) is 20.9. The van der Waals surface area contributed by atoms with Crippen LogP contribution in [0.2, 0.25) is 0 Å². The van der Waals surface area contributed by atoms with Crippen LogP contribution >= 0.6 is 0 Å². The van der Waals surface area contributed by atoms with Gasteiger partial charge in [0.05, 0.1) is 0 Å². The second-order valence-electron chi connectivity index (χ2n) is 24.4. The maximum atomic E-state index is 10.5. The average molecular weight is 857 g/mol. The topological polar surface area (TPSA) is 36.5 Å². The van der Waals surface area contributed by atoms with E-state index >= 15 is 0 Å². The Morgan fingerprint density at radius 1 is 0.557 bits per heavy atom. The zero-order chi connectivity index (χ0) is 46.3. The second kappa shape index (κ2) is 25.6. The van der Waals surface area contributed by atoms with Crippen LogP contribution in [0.5, 0.6) is 0 Å². The van der Waals surface area contributed by atoms with Crippen LogP contribution in [0, 0.1) is 40.4 Å². The number of Topliss-reactive ketones (excluding diaryl/α,β-unsaturated/α-hetero) is 1. The van der Waals surface area contributed by atoms with Gasteiger partial charge in [-0.05, 0) is 161 Å². The van der Waals surface area contributed by atoms with Crippen LogP contribution in [0.1, 0.15) is 182 Å². The summed E-state index contributed by atoms with van der Waals surface area (Å²) < 4.78 is 0. The number of nitrogens with zero attached hydrogens (tertiary/aromatic N) is 6. The number of hydrogen-bond acceptors (Lipinski definition) is 7. The molecule has 0 amide bonds. The van der Waals surface area contributed by atoms with E-state index in [1.165, 1.54) is 149 Å². The Labute approximate surface area is 382 Å². The summed E-state index contributed by atoms with van der Waals surface area (Å²) in [5.74, 6) is 3.92. The molecular weight excluding hydrogens is 749 g/mol. The number of piperazine rings is 2. The maximum Gasteiger partial charge on any atom is 0.135 e. The van der Waals surface area contributed by atoms with E-state index in [0.29, 0.717) is 40.2 Å². The smallest absolute Gasteiger partial charge is 0.135 e. The van der Waals surface area contributed by atoms with Crippen LogP contribution < -0.4 is 0 Å². The van der Waals surface area contributed by atoms with Gasteiger partial charge >= 0.3 is 0 Å². The summed E-state index contributed by atoms with van der Waals surface area (Å²) in [4.78, 5) is 26.5. The number of carbonyl (C=O) groups is 1. The molecular formula is C54H108N6O. The van der Waals surface area contributed by atoms with Gasteiger partial charge in [0.15, 0.2) is 0 Å². The number of piperidine rings is 2. The summed E-state index contributed by atoms with van der Waals surface area (Å²) in [7, 11) is 0. The number of rotatable bonds is 18. The Balaban J connectivity index is 0.000000363. The monoisotopic (exact) mass is 857 g/mol. The summed E-state index contributed by atoms with van der Waals surface area (Å²) in [6.45, 7) is 63.6. The lowest BCUT2D eigenvalue weighted by molar-refractivity contribution is -0.121. The molecule has 4 rings (SSSR count). The molecule has 360 valence electrons. The van der Waals surface area contributed by atoms with Crippen molar-refractivity contribution in [1.82, 2.24) is 29.4 Å². The lowest BCUT2D eigenvalue weighted by Crippen LogP contribution is -2.56. The first-order valence-corrected chi connectivity index (χ1v) is 25.8. The third-order valence-electron chi connectivity index (χ3n) is 15.8. The standard InChI is InChI=1S/C24H49N3.C24H47N3.C6H12O/c2*1-20(2)9-12-25-15-17-27(18-16-25)24(7,8)19-23(5,6)22-10-13-26(14-11-22)21(3)4;1-4-6(7)5(2)3/h20-22H,9-19H2,1-8H3;20,22H,3,9-19H2,1-2,4-8H3;5H,4H2,1-3H3. The minimum absolute atomic E-state index is 0.227. The summed E-state index contributed by atoms with van der Waals surface area (Å²) in [5.41, 5.74) is 2.67. The van der Waals surface area contributed by atoms with Crippen molar-refractivity contribution < 1.29 is 4.79 Å². The zero-order valence-electron chi connectivity index (χ0n) is 44.5. The van der Waals surface area contributed by atoms with E-state index in [1.54, 1.807) is 0 Å². The molecule has 0 aliphatic carbocycles. The number of ketones is 1. The van der Waals surface area contributed by atoms with Gasteiger partial charge in [0, 0.05) is 101 Å². The van der Waals surface area contributed by atoms with Gasteiger partial charge in [0.1, 0.15) is 5.78 Å². The summed E-state index contributed by atoms with van der Waals surface area (Å²) in [6.07, 6.45) is 11.4. The van der Waals surface area contributed by atoms with E-state index in [0.717, 1.165) is 23.7 Å². The van der Waals surface area contributed by atoms with Crippen LogP contribution in [-0.4, -0.2) is 144 Å². The van der Waals surface area contributed by atoms with E-state index < -0.39 is 0 Å². The van der Waals surface area contributed by atoms with Crippen LogP contribution in [0.3, 0.4) is 0 Å². The van der Waals surface area contributed by atoms with Crippen molar-refractivity contribution in [1.29, 1.82) is 0 Å². The fourth-order valence-electron chi connectivity index (χ4n) is 11.4. The summed E-state index contributed by atoms with van der Waals surface area (Å²) in [5, 5.41) is 0. The third-order valence-corrected chi connectivity index (χ3v) is 15.8. The first kappa shape index (κ1) is 56.1. The average Bonchev–Trinajstić information content (AvgIpc) is 3.19. The fraction of sp³-hybridized carbons (Fsp3) is 0.944. The minimum Gasteiger partial charge on any atom is -0.376 e. The Kier molecular flexibility index (Phi) is 23.6. The zero-order valence-corrected chi connectivity index (χ0v) is 44.5. The van der Waals surface area contributed by atoms with Crippen LogP contribution in [0.15, 0.2) is 12.3 Å². The Morgan fingerprint density at radius 2 is 0.902 bits per heavy atom. The molecule has 0 bridgehead atoms. The van der Waals surface area contributed by atoms with Gasteiger partial charge in [-0.2, -0.15) is 0 Å². The molecule has 0 atom stereocenters. The predicted octanol–water partition coefficient (Wildman–Crippen LogP) is 11.7. The van der Waals surface area contributed by atoms with Gasteiger partial charge in [0.2, 0.25) is 0 Å². The molecule has 4 aliphatic rings. The van der Waals surface area contributed by atoms with E-state index in [-0.39, 0.29) is 5.92 Å². The molecule has 4 aliphatic heterocycles. The third kappa shape index (κ3) is 19.6. The van der Waals surface area contributed by atoms with Gasteiger partial charge in [-0.25, -0.2) is 0 Å². The van der Waals surface area contributed by atoms with E-state index in [1.807, 2.05) is 20.8 Å². The molecule has 7 nitrogen and oxygen atoms in total. The Hall–Kier alpha value is -0.990. The Bertz CT molecular complexity index is 1220. The van der Waals surface area contributed by atoms with Crippen molar-refractivity contribution in [2.24, 2.45) is 40.4 Å². The summed E-state index contributed by atoms with van der Waals surface area (Å²) in [6, 6.07) is 0.706. The molecule has 0 unspecified atom stereocenters. The van der Waals surface area contributed by atoms with Gasteiger partial charge in [0.25, 0.3) is 0 Å². The van der Waals surface area contributed by atoms with E-state index in [2.05, 4.69) is 140 Å². The van der Waals surface area contributed by atoms with Crippen LogP contribution in [0.25, 0.3) is 0 Å². The fourth-order valence-corrected chi connectivity index (χ4v) is 11.4. The summed E-state index contributed by atoms with van der Waals surface area (Å²) >= 11 is 0. The van der Waals surface area contributed by atoms with Crippen LogP contribution in [-0.2, 0) is 4.79 Å². The highest BCUT2D eigenvalue weighted by molar-refractivity contribution is 5.79. The van der Waals surface area contributed by atoms with Gasteiger partial charge in [-0.15, -0.1) is 0 Å². The van der Waals surface area contributed by atoms with Gasteiger partial charge in [-0.3, -0.25) is 14.6 Å². The van der Waals surface area contributed by atoms with Crippen molar-refractivity contribution >= 4 is 5.78 Å². The predicted molar refractivity (Wildman–Crippen MR) is 269 cm³/mol. The second-order valence-corrected chi connectivity index (χ2v) is 24.4. The maximum absolute atomic E-state index is 10.5. The Morgan fingerprint density at radius 3 is 1.16 bits per heavy atom. The number of likely N-dealkylation sites (tertiary alicyclic amines) is 2. The highest BCUT2D eigenvalue weighted by Crippen LogP contribution is 2.44. The molecule has 61 heavy (non-hydrogen) atoms. The van der Waals surface area contributed by atoms with Gasteiger partial charge < -0.3 is 19.6 Å². The highest BCUT2D eigenvalue weighted by atomic mass is 16.1. The molecule has 0 aromatic heterocycles. The first-order chi connectivity index (χ1) is 28.2. The molecule has 0 aromatic rings. The van der Waals surface area contributed by atoms with Crippen molar-refractivity contribution in [2.75, 3.05) is 91.6 Å². The molecule has 4 fully saturated rings. The van der Waals surface area contributed by atoms with Gasteiger partial charge in [-0.1, -0.05) is 82.7 Å². The number of hydrogen-bond donors (Lipinski definition) is 0. The number of allylic oxidation sites excluding steroid dienone is 1. The largest absolute Gasteiger partial charge is 0.376 e. The lowest BCUT2D eigenvalue weighted by Gasteiger charge is -2.50. The highest BCUT2D eigenvalue weighted by Gasteiger charge is 2.42. The molecule has 4 heterocycles. The molecule has 0 radical (unpaired) electrons. The molecule has 0 N–H and O–H groups in total. The van der Waals surface area contributed by atoms with Crippen molar-refractivity contribution in [2.45, 2.75) is 200 Å². The van der Waals surface area contributed by atoms with E-state index in [9.17, 15) is 4.79 Å². The lowest BCUT2D eigenvalue weighted by atomic mass is 9.67. The molecule has 0 spiro atoms.